The van der Waals surface area contributed by atoms with E-state index in [9.17, 15) is 9.59 Å². The normalized spacial score (nSPS) is 15.8. The van der Waals surface area contributed by atoms with E-state index in [1.165, 1.54) is 0 Å². The van der Waals surface area contributed by atoms with Gasteiger partial charge in [0, 0.05) is 18.3 Å². The van der Waals surface area contributed by atoms with E-state index in [1.54, 1.807) is 36.2 Å². The lowest BCUT2D eigenvalue weighted by Gasteiger charge is -2.24. The quantitative estimate of drug-likeness (QED) is 0.910. The third-order valence-electron chi connectivity index (χ3n) is 4.33. The van der Waals surface area contributed by atoms with Crippen molar-refractivity contribution in [2.75, 3.05) is 23.9 Å². The molecule has 0 unspecified atom stereocenters. The Bertz CT molecular complexity index is 843. The van der Waals surface area contributed by atoms with Crippen LogP contribution in [0.4, 0.5) is 11.4 Å². The second-order valence-electron chi connectivity index (χ2n) is 7.04. The lowest BCUT2D eigenvalue weighted by molar-refractivity contribution is -0.127. The monoisotopic (exact) mass is 338 g/mol. The van der Waals surface area contributed by atoms with E-state index in [4.69, 9.17) is 4.74 Å². The van der Waals surface area contributed by atoms with Crippen molar-refractivity contribution in [3.8, 4) is 5.75 Å². The van der Waals surface area contributed by atoms with Crippen molar-refractivity contribution >= 4 is 23.2 Å². The third-order valence-corrected chi connectivity index (χ3v) is 4.33. The zero-order valence-electron chi connectivity index (χ0n) is 14.9. The van der Waals surface area contributed by atoms with E-state index in [0.29, 0.717) is 29.3 Å². The van der Waals surface area contributed by atoms with Crippen LogP contribution in [-0.2, 0) is 4.79 Å². The first-order valence-corrected chi connectivity index (χ1v) is 8.21. The number of hydrogen-bond acceptors (Lipinski definition) is 3. The SMILES string of the molecule is Cc1cccc(C(=O)Nc2ccc3c(c2)N(C)C(=O)C(C)(C)CO3)c1. The molecule has 3 rings (SSSR count). The molecule has 0 atom stereocenters. The van der Waals surface area contributed by atoms with Crippen LogP contribution in [0.25, 0.3) is 0 Å². The van der Waals surface area contributed by atoms with Crippen LogP contribution >= 0.6 is 0 Å². The molecule has 0 radical (unpaired) electrons. The summed E-state index contributed by atoms with van der Waals surface area (Å²) >= 11 is 0. The summed E-state index contributed by atoms with van der Waals surface area (Å²) in [7, 11) is 1.73. The van der Waals surface area contributed by atoms with Crippen molar-refractivity contribution in [1.82, 2.24) is 0 Å². The van der Waals surface area contributed by atoms with Gasteiger partial charge in [-0.2, -0.15) is 0 Å². The Hall–Kier alpha value is -2.82. The van der Waals surface area contributed by atoms with Gasteiger partial charge in [0.25, 0.3) is 5.91 Å². The van der Waals surface area contributed by atoms with E-state index >= 15 is 0 Å². The van der Waals surface area contributed by atoms with Crippen LogP contribution in [0.2, 0.25) is 0 Å². The van der Waals surface area contributed by atoms with Gasteiger partial charge >= 0.3 is 0 Å². The number of amides is 2. The Labute approximate surface area is 147 Å². The lowest BCUT2D eigenvalue weighted by Crippen LogP contribution is -2.39. The number of carbonyl (C=O) groups is 2. The van der Waals surface area contributed by atoms with E-state index in [-0.39, 0.29) is 11.8 Å². The van der Waals surface area contributed by atoms with Crippen LogP contribution in [0.5, 0.6) is 5.75 Å². The number of carbonyl (C=O) groups excluding carboxylic acids is 2. The van der Waals surface area contributed by atoms with Crippen molar-refractivity contribution in [2.24, 2.45) is 5.41 Å². The maximum Gasteiger partial charge on any atom is 0.255 e. The minimum Gasteiger partial charge on any atom is -0.490 e. The molecule has 0 saturated carbocycles. The van der Waals surface area contributed by atoms with Gasteiger partial charge in [-0.15, -0.1) is 0 Å². The van der Waals surface area contributed by atoms with Crippen molar-refractivity contribution in [2.45, 2.75) is 20.8 Å². The van der Waals surface area contributed by atoms with Crippen LogP contribution in [0.15, 0.2) is 42.5 Å². The smallest absolute Gasteiger partial charge is 0.255 e. The Kier molecular flexibility index (Phi) is 4.25. The fourth-order valence-corrected chi connectivity index (χ4v) is 2.85. The molecular formula is C20H22N2O3. The summed E-state index contributed by atoms with van der Waals surface area (Å²) in [6, 6.07) is 12.7. The Morgan fingerprint density at radius 1 is 1.20 bits per heavy atom. The second-order valence-corrected chi connectivity index (χ2v) is 7.04. The highest BCUT2D eigenvalue weighted by Gasteiger charge is 2.36. The van der Waals surface area contributed by atoms with Gasteiger partial charge in [-0.1, -0.05) is 17.7 Å². The molecule has 0 spiro atoms. The summed E-state index contributed by atoms with van der Waals surface area (Å²) in [6.07, 6.45) is 0. The highest BCUT2D eigenvalue weighted by Crippen LogP contribution is 2.37. The molecule has 0 fully saturated rings. The Balaban J connectivity index is 1.88. The van der Waals surface area contributed by atoms with Crippen LogP contribution < -0.4 is 15.0 Å². The zero-order chi connectivity index (χ0) is 18.2. The number of aryl methyl sites for hydroxylation is 1. The highest BCUT2D eigenvalue weighted by atomic mass is 16.5. The molecule has 0 saturated heterocycles. The highest BCUT2D eigenvalue weighted by molar-refractivity contribution is 6.05. The predicted molar refractivity (Wildman–Crippen MR) is 98.3 cm³/mol. The molecule has 0 aliphatic carbocycles. The molecule has 1 aliphatic heterocycles. The fourth-order valence-electron chi connectivity index (χ4n) is 2.85. The number of benzene rings is 2. The minimum atomic E-state index is -0.598. The Morgan fingerprint density at radius 3 is 2.68 bits per heavy atom. The summed E-state index contributed by atoms with van der Waals surface area (Å²) in [4.78, 5) is 26.6. The largest absolute Gasteiger partial charge is 0.490 e. The molecule has 1 aliphatic rings. The number of anilines is 2. The topological polar surface area (TPSA) is 58.6 Å². The third kappa shape index (κ3) is 3.36. The van der Waals surface area contributed by atoms with Gasteiger partial charge in [0.15, 0.2) is 0 Å². The first kappa shape index (κ1) is 17.0. The summed E-state index contributed by atoms with van der Waals surface area (Å²) in [5.41, 5.74) is 2.29. The van der Waals surface area contributed by atoms with Crippen LogP contribution in [0.3, 0.4) is 0 Å². The van der Waals surface area contributed by atoms with E-state index in [0.717, 1.165) is 5.56 Å². The molecule has 5 nitrogen and oxygen atoms in total. The van der Waals surface area contributed by atoms with Gasteiger partial charge in [0.2, 0.25) is 5.91 Å². The molecule has 2 aromatic carbocycles. The summed E-state index contributed by atoms with van der Waals surface area (Å²) in [5, 5.41) is 2.88. The van der Waals surface area contributed by atoms with Gasteiger partial charge in [-0.3, -0.25) is 9.59 Å². The Morgan fingerprint density at radius 2 is 1.96 bits per heavy atom. The van der Waals surface area contributed by atoms with Crippen molar-refractivity contribution in [1.29, 1.82) is 0 Å². The molecule has 1 heterocycles. The molecule has 1 N–H and O–H groups in total. The van der Waals surface area contributed by atoms with Crippen LogP contribution in [0, 0.1) is 12.3 Å². The first-order chi connectivity index (χ1) is 11.8. The molecular weight excluding hydrogens is 316 g/mol. The lowest BCUT2D eigenvalue weighted by atomic mass is 9.93. The number of hydrogen-bond donors (Lipinski definition) is 1. The average Bonchev–Trinajstić information content (AvgIpc) is 2.66. The molecule has 2 aromatic rings. The predicted octanol–water partition coefficient (Wildman–Crippen LogP) is 3.63. The van der Waals surface area contributed by atoms with Crippen molar-refractivity contribution < 1.29 is 14.3 Å². The van der Waals surface area contributed by atoms with Gasteiger partial charge in [0.05, 0.1) is 11.1 Å². The minimum absolute atomic E-state index is 0.0200. The molecule has 5 heteroatoms. The maximum absolute atomic E-state index is 12.6. The van der Waals surface area contributed by atoms with E-state index in [2.05, 4.69) is 5.32 Å². The number of ether oxygens (including phenoxy) is 1. The number of fused-ring (bicyclic) bond motifs is 1. The standard InChI is InChI=1S/C20H22N2O3/c1-13-6-5-7-14(10-13)18(23)21-15-8-9-17-16(11-15)22(4)19(24)20(2,3)12-25-17/h5-11H,12H2,1-4H3,(H,21,23). The van der Waals surface area contributed by atoms with Gasteiger partial charge in [0.1, 0.15) is 12.4 Å². The number of rotatable bonds is 2. The molecule has 2 amide bonds. The summed E-state index contributed by atoms with van der Waals surface area (Å²) in [5.74, 6) is 0.427. The van der Waals surface area contributed by atoms with Crippen molar-refractivity contribution in [3.63, 3.8) is 0 Å². The zero-order valence-corrected chi connectivity index (χ0v) is 14.9. The van der Waals surface area contributed by atoms with E-state index < -0.39 is 5.41 Å². The van der Waals surface area contributed by atoms with Gasteiger partial charge in [-0.05, 0) is 51.1 Å². The maximum atomic E-state index is 12.6. The fraction of sp³-hybridized carbons (Fsp3) is 0.300. The molecule has 25 heavy (non-hydrogen) atoms. The summed E-state index contributed by atoms with van der Waals surface area (Å²) in [6.45, 7) is 5.98. The molecule has 0 bridgehead atoms. The molecule has 0 aromatic heterocycles. The number of nitrogens with zero attached hydrogens (tertiary/aromatic N) is 1. The van der Waals surface area contributed by atoms with Crippen LogP contribution in [-0.4, -0.2) is 25.5 Å². The average molecular weight is 338 g/mol. The second kappa shape index (κ2) is 6.24. The van der Waals surface area contributed by atoms with Gasteiger partial charge in [-0.25, -0.2) is 0 Å². The number of nitrogens with one attached hydrogen (secondary N) is 1. The van der Waals surface area contributed by atoms with Crippen LogP contribution in [0.1, 0.15) is 29.8 Å². The van der Waals surface area contributed by atoms with E-state index in [1.807, 2.05) is 39.0 Å². The van der Waals surface area contributed by atoms with Crippen molar-refractivity contribution in [3.05, 3.63) is 53.6 Å². The first-order valence-electron chi connectivity index (χ1n) is 8.21. The van der Waals surface area contributed by atoms with Gasteiger partial charge < -0.3 is 15.0 Å². The summed E-state index contributed by atoms with van der Waals surface area (Å²) < 4.78 is 5.79. The molecule has 130 valence electrons.